The van der Waals surface area contributed by atoms with E-state index < -0.39 is 27.7 Å². The van der Waals surface area contributed by atoms with Gasteiger partial charge in [-0.2, -0.15) is 0 Å². The fourth-order valence-corrected chi connectivity index (χ4v) is 4.00. The minimum atomic E-state index is -3.97. The van der Waals surface area contributed by atoms with E-state index in [2.05, 4.69) is 20.7 Å². The zero-order chi connectivity index (χ0) is 17.2. The predicted octanol–water partition coefficient (Wildman–Crippen LogP) is 3.78. The Morgan fingerprint density at radius 3 is 2.48 bits per heavy atom. The summed E-state index contributed by atoms with van der Waals surface area (Å²) < 4.78 is 59.7. The van der Waals surface area contributed by atoms with Crippen molar-refractivity contribution in [2.45, 2.75) is 17.9 Å². The van der Waals surface area contributed by atoms with Gasteiger partial charge in [0.2, 0.25) is 10.0 Å². The third kappa shape index (κ3) is 4.07. The van der Waals surface area contributed by atoms with Crippen molar-refractivity contribution in [3.8, 4) is 5.75 Å². The molecular formula is C15H14BrF2NO3S. The summed E-state index contributed by atoms with van der Waals surface area (Å²) in [5.74, 6) is -1.39. The van der Waals surface area contributed by atoms with E-state index in [1.165, 1.54) is 32.2 Å². The highest BCUT2D eigenvalue weighted by Crippen LogP contribution is 2.29. The number of hydrogen-bond acceptors (Lipinski definition) is 3. The summed E-state index contributed by atoms with van der Waals surface area (Å²) in [5.41, 5.74) is 0.0453. The molecule has 0 aliphatic heterocycles. The summed E-state index contributed by atoms with van der Waals surface area (Å²) in [6.45, 7) is 1.47. The van der Waals surface area contributed by atoms with Crippen LogP contribution in [0, 0.1) is 11.6 Å². The van der Waals surface area contributed by atoms with Crippen molar-refractivity contribution < 1.29 is 21.9 Å². The molecule has 2 aromatic carbocycles. The van der Waals surface area contributed by atoms with Gasteiger partial charge in [0.15, 0.2) is 0 Å². The lowest BCUT2D eigenvalue weighted by atomic mass is 10.1. The lowest BCUT2D eigenvalue weighted by molar-refractivity contribution is 0.402. The van der Waals surface area contributed by atoms with Crippen LogP contribution in [0.5, 0.6) is 5.75 Å². The fourth-order valence-electron chi connectivity index (χ4n) is 2.07. The van der Waals surface area contributed by atoms with Crippen LogP contribution in [0.1, 0.15) is 18.5 Å². The fraction of sp³-hybridized carbons (Fsp3) is 0.200. The second-order valence-electron chi connectivity index (χ2n) is 4.80. The maximum atomic E-state index is 13.8. The highest BCUT2D eigenvalue weighted by Gasteiger charge is 2.24. The van der Waals surface area contributed by atoms with Gasteiger partial charge in [-0.05, 0) is 31.2 Å². The van der Waals surface area contributed by atoms with Gasteiger partial charge in [0.25, 0.3) is 0 Å². The van der Waals surface area contributed by atoms with Gasteiger partial charge >= 0.3 is 0 Å². The van der Waals surface area contributed by atoms with E-state index in [0.29, 0.717) is 10.5 Å². The van der Waals surface area contributed by atoms with Gasteiger partial charge in [0.05, 0.1) is 7.11 Å². The van der Waals surface area contributed by atoms with Crippen LogP contribution in [-0.4, -0.2) is 15.5 Å². The minimum Gasteiger partial charge on any atom is -0.495 e. The first-order chi connectivity index (χ1) is 10.7. The van der Waals surface area contributed by atoms with Crippen LogP contribution in [0.15, 0.2) is 45.8 Å². The zero-order valence-electron chi connectivity index (χ0n) is 12.3. The first-order valence-corrected chi connectivity index (χ1v) is 8.83. The van der Waals surface area contributed by atoms with Gasteiger partial charge in [-0.25, -0.2) is 21.9 Å². The molecule has 0 unspecified atom stereocenters. The van der Waals surface area contributed by atoms with Crippen molar-refractivity contribution >= 4 is 26.0 Å². The number of rotatable bonds is 5. The highest BCUT2D eigenvalue weighted by molar-refractivity contribution is 9.10. The quantitative estimate of drug-likeness (QED) is 0.823. The zero-order valence-corrected chi connectivity index (χ0v) is 14.7. The SMILES string of the molecule is COc1ccc(Br)cc1S(=O)(=O)N[C@H](C)c1ccc(F)cc1F. The number of methoxy groups -OCH3 is 1. The molecule has 0 aliphatic carbocycles. The lowest BCUT2D eigenvalue weighted by Gasteiger charge is -2.17. The van der Waals surface area contributed by atoms with Gasteiger partial charge in [0.1, 0.15) is 22.3 Å². The Labute approximate surface area is 141 Å². The molecule has 0 radical (unpaired) electrons. The van der Waals surface area contributed by atoms with Crippen LogP contribution < -0.4 is 9.46 Å². The van der Waals surface area contributed by atoms with E-state index in [0.717, 1.165) is 6.07 Å². The molecule has 0 heterocycles. The normalized spacial score (nSPS) is 12.9. The smallest absolute Gasteiger partial charge is 0.244 e. The first kappa shape index (κ1) is 17.8. The van der Waals surface area contributed by atoms with Crippen LogP contribution in [0.4, 0.5) is 8.78 Å². The van der Waals surface area contributed by atoms with Crippen molar-refractivity contribution in [3.05, 3.63) is 58.1 Å². The van der Waals surface area contributed by atoms with Crippen LogP contribution >= 0.6 is 15.9 Å². The van der Waals surface area contributed by atoms with Gasteiger partial charge in [0, 0.05) is 22.1 Å². The van der Waals surface area contributed by atoms with E-state index >= 15 is 0 Å². The largest absolute Gasteiger partial charge is 0.495 e. The number of halogens is 3. The van der Waals surface area contributed by atoms with Crippen molar-refractivity contribution in [1.82, 2.24) is 4.72 Å². The molecule has 2 aromatic rings. The number of nitrogens with one attached hydrogen (secondary N) is 1. The van der Waals surface area contributed by atoms with Crippen molar-refractivity contribution in [1.29, 1.82) is 0 Å². The summed E-state index contributed by atoms with van der Waals surface area (Å²) in [7, 11) is -2.61. The van der Waals surface area contributed by atoms with Crippen molar-refractivity contribution in [2.24, 2.45) is 0 Å². The van der Waals surface area contributed by atoms with E-state index in [4.69, 9.17) is 4.74 Å². The molecule has 23 heavy (non-hydrogen) atoms. The Hall–Kier alpha value is -1.51. The van der Waals surface area contributed by atoms with Crippen molar-refractivity contribution in [2.75, 3.05) is 7.11 Å². The maximum absolute atomic E-state index is 13.8. The van der Waals surface area contributed by atoms with Crippen molar-refractivity contribution in [3.63, 3.8) is 0 Å². The molecule has 0 aromatic heterocycles. The standard InChI is InChI=1S/C15H14BrF2NO3S/c1-9(12-5-4-11(17)8-13(12)18)19-23(20,21)15-7-10(16)3-6-14(15)22-2/h3-9,19H,1-2H3/t9-/m1/s1. The monoisotopic (exact) mass is 405 g/mol. The Kier molecular flexibility index (Phi) is 5.38. The van der Waals surface area contributed by atoms with Crippen LogP contribution in [0.25, 0.3) is 0 Å². The second-order valence-corrected chi connectivity index (χ2v) is 7.40. The summed E-state index contributed by atoms with van der Waals surface area (Å²) in [4.78, 5) is -0.0799. The average Bonchev–Trinajstić information content (AvgIpc) is 2.46. The average molecular weight is 406 g/mol. The lowest BCUT2D eigenvalue weighted by Crippen LogP contribution is -2.28. The maximum Gasteiger partial charge on any atom is 0.244 e. The Morgan fingerprint density at radius 1 is 1.17 bits per heavy atom. The summed E-state index contributed by atoms with van der Waals surface area (Å²) >= 11 is 3.20. The number of sulfonamides is 1. The highest BCUT2D eigenvalue weighted by atomic mass is 79.9. The summed E-state index contributed by atoms with van der Waals surface area (Å²) in [6.07, 6.45) is 0. The first-order valence-electron chi connectivity index (χ1n) is 6.55. The second kappa shape index (κ2) is 6.94. The minimum absolute atomic E-state index is 0.0453. The molecule has 124 valence electrons. The molecule has 1 N–H and O–H groups in total. The van der Waals surface area contributed by atoms with Crippen LogP contribution in [-0.2, 0) is 10.0 Å². The van der Waals surface area contributed by atoms with Gasteiger partial charge in [-0.1, -0.05) is 22.0 Å². The summed E-state index contributed by atoms with van der Waals surface area (Å²) in [5, 5.41) is 0. The topological polar surface area (TPSA) is 55.4 Å². The molecule has 1 atom stereocenters. The molecule has 0 bridgehead atoms. The molecule has 8 heteroatoms. The predicted molar refractivity (Wildman–Crippen MR) is 85.8 cm³/mol. The van der Waals surface area contributed by atoms with Gasteiger partial charge < -0.3 is 4.74 Å². The number of benzene rings is 2. The Morgan fingerprint density at radius 2 is 1.87 bits per heavy atom. The van der Waals surface area contributed by atoms with Crippen LogP contribution in [0.2, 0.25) is 0 Å². The molecule has 2 rings (SSSR count). The number of ether oxygens (including phenoxy) is 1. The molecule has 0 fully saturated rings. The van der Waals surface area contributed by atoms with Crippen LogP contribution in [0.3, 0.4) is 0 Å². The number of hydrogen-bond donors (Lipinski definition) is 1. The van der Waals surface area contributed by atoms with E-state index in [1.54, 1.807) is 6.07 Å². The third-order valence-corrected chi connectivity index (χ3v) is 5.23. The molecular weight excluding hydrogens is 392 g/mol. The Balaban J connectivity index is 2.36. The van der Waals surface area contributed by atoms with E-state index in [1.807, 2.05) is 0 Å². The molecule has 0 saturated heterocycles. The molecule has 0 saturated carbocycles. The van der Waals surface area contributed by atoms with E-state index in [9.17, 15) is 17.2 Å². The Bertz CT molecular complexity index is 827. The van der Waals surface area contributed by atoms with Gasteiger partial charge in [-0.15, -0.1) is 0 Å². The van der Waals surface area contributed by atoms with E-state index in [-0.39, 0.29) is 16.2 Å². The molecule has 0 amide bonds. The molecule has 0 aliphatic rings. The molecule has 0 spiro atoms. The van der Waals surface area contributed by atoms with Gasteiger partial charge in [-0.3, -0.25) is 0 Å². The summed E-state index contributed by atoms with van der Waals surface area (Å²) in [6, 6.07) is 6.63. The molecule has 4 nitrogen and oxygen atoms in total. The third-order valence-electron chi connectivity index (χ3n) is 3.18.